The fourth-order valence-corrected chi connectivity index (χ4v) is 4.06. The zero-order chi connectivity index (χ0) is 18.1. The molecular formula is C17H11BrN2O3S2. The molecule has 1 fully saturated rings. The van der Waals surface area contributed by atoms with E-state index >= 15 is 0 Å². The summed E-state index contributed by atoms with van der Waals surface area (Å²) in [6, 6.07) is 12.2. The van der Waals surface area contributed by atoms with E-state index in [1.54, 1.807) is 18.2 Å². The van der Waals surface area contributed by atoms with Gasteiger partial charge in [-0.3, -0.25) is 19.8 Å². The molecule has 0 spiro atoms. The van der Waals surface area contributed by atoms with Crippen molar-refractivity contribution in [2.75, 3.05) is 4.90 Å². The van der Waals surface area contributed by atoms with Crippen LogP contribution < -0.4 is 4.90 Å². The van der Waals surface area contributed by atoms with Crippen LogP contribution in [0.25, 0.3) is 6.08 Å². The maximum atomic E-state index is 12.7. The summed E-state index contributed by atoms with van der Waals surface area (Å²) < 4.78 is 0.829. The maximum Gasteiger partial charge on any atom is 0.284 e. The Hall–Kier alpha value is -2.03. The molecule has 0 atom stereocenters. The van der Waals surface area contributed by atoms with Crippen LogP contribution in [0.1, 0.15) is 11.1 Å². The van der Waals surface area contributed by atoms with E-state index in [0.717, 1.165) is 5.56 Å². The number of hydrogen-bond donors (Lipinski definition) is 0. The SMILES string of the molecule is Cc1cccc(N2C(=O)/C(=C\c3ccc(Br)c([N+](=O)[O-])c3)SC2=S)c1. The van der Waals surface area contributed by atoms with Gasteiger partial charge in [0.25, 0.3) is 11.6 Å². The highest BCUT2D eigenvalue weighted by molar-refractivity contribution is 9.10. The number of nitro groups is 1. The molecule has 0 bridgehead atoms. The molecular weight excluding hydrogens is 424 g/mol. The van der Waals surface area contributed by atoms with Crippen molar-refractivity contribution in [3.63, 3.8) is 0 Å². The minimum absolute atomic E-state index is 0.0529. The summed E-state index contributed by atoms with van der Waals surface area (Å²) in [6.45, 7) is 1.94. The highest BCUT2D eigenvalue weighted by Crippen LogP contribution is 2.37. The smallest absolute Gasteiger partial charge is 0.268 e. The quantitative estimate of drug-likeness (QED) is 0.292. The fourth-order valence-electron chi connectivity index (χ4n) is 2.37. The van der Waals surface area contributed by atoms with Gasteiger partial charge in [0.2, 0.25) is 0 Å². The fraction of sp³-hybridized carbons (Fsp3) is 0.0588. The van der Waals surface area contributed by atoms with Gasteiger partial charge in [0.15, 0.2) is 4.32 Å². The van der Waals surface area contributed by atoms with E-state index in [2.05, 4.69) is 15.9 Å². The molecule has 1 amide bonds. The van der Waals surface area contributed by atoms with Gasteiger partial charge >= 0.3 is 0 Å². The summed E-state index contributed by atoms with van der Waals surface area (Å²) in [4.78, 5) is 25.2. The van der Waals surface area contributed by atoms with Gasteiger partial charge in [-0.2, -0.15) is 0 Å². The second-order valence-electron chi connectivity index (χ2n) is 5.32. The van der Waals surface area contributed by atoms with Gasteiger partial charge < -0.3 is 0 Å². The number of nitrogens with zero attached hydrogens (tertiary/aromatic N) is 2. The van der Waals surface area contributed by atoms with Crippen LogP contribution in [0.3, 0.4) is 0 Å². The summed E-state index contributed by atoms with van der Waals surface area (Å²) in [6.07, 6.45) is 1.62. The highest BCUT2D eigenvalue weighted by atomic mass is 79.9. The number of benzene rings is 2. The van der Waals surface area contributed by atoms with Crippen LogP contribution in [0.2, 0.25) is 0 Å². The Labute approximate surface area is 162 Å². The monoisotopic (exact) mass is 434 g/mol. The van der Waals surface area contributed by atoms with Gasteiger partial charge in [-0.05, 0) is 58.3 Å². The molecule has 126 valence electrons. The molecule has 0 aliphatic carbocycles. The second-order valence-corrected chi connectivity index (χ2v) is 7.85. The van der Waals surface area contributed by atoms with Crippen LogP contribution in [0.5, 0.6) is 0 Å². The second kappa shape index (κ2) is 7.07. The number of thiocarbonyl (C=S) groups is 1. The largest absolute Gasteiger partial charge is 0.284 e. The van der Waals surface area contributed by atoms with E-state index < -0.39 is 4.92 Å². The Morgan fingerprint density at radius 2 is 2.04 bits per heavy atom. The summed E-state index contributed by atoms with van der Waals surface area (Å²) in [5, 5.41) is 11.1. The number of carbonyl (C=O) groups is 1. The molecule has 0 unspecified atom stereocenters. The van der Waals surface area contributed by atoms with Crippen molar-refractivity contribution in [3.8, 4) is 0 Å². The minimum atomic E-state index is -0.473. The third-order valence-electron chi connectivity index (χ3n) is 3.52. The van der Waals surface area contributed by atoms with Gasteiger partial charge in [0.05, 0.1) is 20.0 Å². The molecule has 8 heteroatoms. The molecule has 1 saturated heterocycles. The van der Waals surface area contributed by atoms with Crippen molar-refractivity contribution in [1.82, 2.24) is 0 Å². The molecule has 25 heavy (non-hydrogen) atoms. The highest BCUT2D eigenvalue weighted by Gasteiger charge is 2.33. The van der Waals surface area contributed by atoms with Gasteiger partial charge in [-0.1, -0.05) is 42.2 Å². The molecule has 1 aliphatic heterocycles. The summed E-state index contributed by atoms with van der Waals surface area (Å²) in [5.41, 5.74) is 2.26. The number of halogens is 1. The molecule has 0 saturated carbocycles. The van der Waals surface area contributed by atoms with E-state index in [0.29, 0.717) is 24.9 Å². The Morgan fingerprint density at radius 1 is 1.28 bits per heavy atom. The number of anilines is 1. The number of amides is 1. The van der Waals surface area contributed by atoms with Crippen molar-refractivity contribution < 1.29 is 9.72 Å². The minimum Gasteiger partial charge on any atom is -0.268 e. The summed E-state index contributed by atoms with van der Waals surface area (Å²) >= 11 is 9.67. The molecule has 5 nitrogen and oxygen atoms in total. The molecule has 2 aromatic rings. The number of aryl methyl sites for hydroxylation is 1. The Morgan fingerprint density at radius 3 is 2.72 bits per heavy atom. The number of hydrogen-bond acceptors (Lipinski definition) is 5. The topological polar surface area (TPSA) is 63.5 Å². The first kappa shape index (κ1) is 17.8. The predicted molar refractivity (Wildman–Crippen MR) is 108 cm³/mol. The van der Waals surface area contributed by atoms with Gasteiger partial charge in [0, 0.05) is 6.07 Å². The molecule has 0 radical (unpaired) electrons. The first-order valence-corrected chi connectivity index (χ1v) is 9.17. The predicted octanol–water partition coefficient (Wildman–Crippen LogP) is 5.07. The first-order chi connectivity index (χ1) is 11.9. The molecule has 0 aromatic heterocycles. The summed E-state index contributed by atoms with van der Waals surface area (Å²) in [5.74, 6) is -0.230. The first-order valence-electron chi connectivity index (χ1n) is 7.15. The molecule has 1 aliphatic rings. The van der Waals surface area contributed by atoms with Crippen LogP contribution >= 0.6 is 39.9 Å². The van der Waals surface area contributed by atoms with Crippen LogP contribution in [0, 0.1) is 17.0 Å². The number of nitro benzene ring substituents is 1. The van der Waals surface area contributed by atoms with Gasteiger partial charge in [0.1, 0.15) is 0 Å². The lowest BCUT2D eigenvalue weighted by atomic mass is 10.1. The van der Waals surface area contributed by atoms with Crippen molar-refractivity contribution in [3.05, 3.63) is 73.1 Å². The lowest BCUT2D eigenvalue weighted by Crippen LogP contribution is -2.27. The Balaban J connectivity index is 1.96. The third kappa shape index (κ3) is 3.65. The average Bonchev–Trinajstić information content (AvgIpc) is 2.83. The van der Waals surface area contributed by atoms with Crippen molar-refractivity contribution >= 4 is 67.6 Å². The van der Waals surface area contributed by atoms with Gasteiger partial charge in [-0.25, -0.2) is 0 Å². The van der Waals surface area contributed by atoms with Crippen LogP contribution in [-0.4, -0.2) is 15.2 Å². The third-order valence-corrected chi connectivity index (χ3v) is 5.49. The number of thioether (sulfide) groups is 1. The molecule has 1 heterocycles. The zero-order valence-electron chi connectivity index (χ0n) is 12.9. The van der Waals surface area contributed by atoms with Crippen LogP contribution in [0.15, 0.2) is 51.8 Å². The molecule has 2 aromatic carbocycles. The maximum absolute atomic E-state index is 12.7. The Bertz CT molecular complexity index is 943. The standard InChI is InChI=1S/C17H11BrN2O3S2/c1-10-3-2-4-12(7-10)19-16(21)15(25-17(19)24)9-11-5-6-13(18)14(8-11)20(22)23/h2-9H,1H3/b15-9+. The van der Waals surface area contributed by atoms with Crippen molar-refractivity contribution in [2.24, 2.45) is 0 Å². The molecule has 0 N–H and O–H groups in total. The number of carbonyl (C=O) groups excluding carboxylic acids is 1. The average molecular weight is 435 g/mol. The van der Waals surface area contributed by atoms with E-state index in [1.807, 2.05) is 31.2 Å². The molecule has 3 rings (SSSR count). The normalized spacial score (nSPS) is 15.9. The zero-order valence-corrected chi connectivity index (χ0v) is 16.2. The van der Waals surface area contributed by atoms with E-state index in [4.69, 9.17) is 12.2 Å². The van der Waals surface area contributed by atoms with E-state index in [1.165, 1.54) is 22.7 Å². The number of rotatable bonds is 3. The van der Waals surface area contributed by atoms with E-state index in [-0.39, 0.29) is 11.6 Å². The lowest BCUT2D eigenvalue weighted by molar-refractivity contribution is -0.385. The van der Waals surface area contributed by atoms with Crippen LogP contribution in [0.4, 0.5) is 11.4 Å². The van der Waals surface area contributed by atoms with Crippen LogP contribution in [-0.2, 0) is 4.79 Å². The lowest BCUT2D eigenvalue weighted by Gasteiger charge is -2.14. The van der Waals surface area contributed by atoms with Crippen molar-refractivity contribution in [2.45, 2.75) is 6.92 Å². The Kier molecular flexibility index (Phi) is 5.03. The van der Waals surface area contributed by atoms with Gasteiger partial charge in [-0.15, -0.1) is 0 Å². The summed E-state index contributed by atoms with van der Waals surface area (Å²) in [7, 11) is 0. The van der Waals surface area contributed by atoms with Crippen molar-refractivity contribution in [1.29, 1.82) is 0 Å². The van der Waals surface area contributed by atoms with E-state index in [9.17, 15) is 14.9 Å².